The van der Waals surface area contributed by atoms with E-state index in [9.17, 15) is 4.79 Å². The first-order valence-corrected chi connectivity index (χ1v) is 2.16. The number of nitrogens with zero attached hydrogens (tertiary/aromatic N) is 2. The summed E-state index contributed by atoms with van der Waals surface area (Å²) in [6.45, 7) is 2.66. The highest BCUT2D eigenvalue weighted by atomic mass is 16.5. The lowest BCUT2D eigenvalue weighted by molar-refractivity contribution is -0.128. The summed E-state index contributed by atoms with van der Waals surface area (Å²) in [5.41, 5.74) is 0. The van der Waals surface area contributed by atoms with Gasteiger partial charge in [0, 0.05) is 0 Å². The van der Waals surface area contributed by atoms with Gasteiger partial charge in [0.1, 0.15) is 0 Å². The maximum Gasteiger partial charge on any atom is 0.293 e. The van der Waals surface area contributed by atoms with Crippen molar-refractivity contribution in [3.8, 4) is 12.1 Å². The Bertz CT molecular complexity index is 119. The van der Waals surface area contributed by atoms with Crippen LogP contribution in [0.3, 0.4) is 0 Å². The topological polar surface area (TPSA) is 73.9 Å². The van der Waals surface area contributed by atoms with Crippen LogP contribution in [0.25, 0.3) is 0 Å². The molecule has 0 aliphatic carbocycles. The van der Waals surface area contributed by atoms with Crippen molar-refractivity contribution in [2.24, 2.45) is 0 Å². The molecule has 0 aliphatic rings. The maximum absolute atomic E-state index is 9.18. The Morgan fingerprint density at radius 2 is 2.00 bits per heavy atom. The molecule has 0 N–H and O–H groups in total. The molecule has 48 valence electrons. The predicted molar refractivity (Wildman–Crippen MR) is 28.9 cm³/mol. The van der Waals surface area contributed by atoms with E-state index >= 15 is 0 Å². The summed E-state index contributed by atoms with van der Waals surface area (Å²) in [6, 6.07) is 2.47. The molecule has 0 unspecified atom stereocenters. The number of hydrogen-bond donors (Lipinski definition) is 0. The van der Waals surface area contributed by atoms with Gasteiger partial charge in [-0.2, -0.15) is 10.5 Å². The zero-order valence-electron chi connectivity index (χ0n) is 5.00. The molecule has 0 amide bonds. The Morgan fingerprint density at radius 1 is 1.56 bits per heavy atom. The van der Waals surface area contributed by atoms with Crippen LogP contribution in [0.5, 0.6) is 0 Å². The second kappa shape index (κ2) is 16.1. The standard InChI is InChI=1S/C3H6O2.C2N2/c1-2-5-3-4;3-1-2-4/h3H,2H2,1H3;. The van der Waals surface area contributed by atoms with Crippen molar-refractivity contribution in [2.75, 3.05) is 6.61 Å². The van der Waals surface area contributed by atoms with Gasteiger partial charge in [0.25, 0.3) is 6.47 Å². The van der Waals surface area contributed by atoms with Gasteiger partial charge in [-0.05, 0) is 6.92 Å². The first kappa shape index (κ1) is 10.4. The summed E-state index contributed by atoms with van der Waals surface area (Å²) in [4.78, 5) is 9.18. The summed E-state index contributed by atoms with van der Waals surface area (Å²) in [7, 11) is 0. The number of carbonyl (C=O) groups excluding carboxylic acids is 1. The number of carbonyl (C=O) groups is 1. The summed E-state index contributed by atoms with van der Waals surface area (Å²) in [6.07, 6.45) is 0. The van der Waals surface area contributed by atoms with Gasteiger partial charge in [-0.3, -0.25) is 4.79 Å². The van der Waals surface area contributed by atoms with E-state index in [0.29, 0.717) is 13.1 Å². The molecule has 0 bridgehead atoms. The van der Waals surface area contributed by atoms with Gasteiger partial charge in [0.05, 0.1) is 6.61 Å². The Kier molecular flexibility index (Phi) is 18.7. The minimum Gasteiger partial charge on any atom is -0.468 e. The summed E-state index contributed by atoms with van der Waals surface area (Å²) in [5.74, 6) is 0. The van der Waals surface area contributed by atoms with Gasteiger partial charge in [-0.1, -0.05) is 0 Å². The minimum absolute atomic E-state index is 0.431. The molecule has 0 rings (SSSR count). The van der Waals surface area contributed by atoms with Crippen molar-refractivity contribution in [3.63, 3.8) is 0 Å². The van der Waals surface area contributed by atoms with Crippen molar-refractivity contribution in [2.45, 2.75) is 6.92 Å². The molecular formula is C5H6N2O2. The molecular weight excluding hydrogens is 120 g/mol. The number of hydrogen-bond acceptors (Lipinski definition) is 4. The third kappa shape index (κ3) is 60.7. The Labute approximate surface area is 53.3 Å². The largest absolute Gasteiger partial charge is 0.468 e. The van der Waals surface area contributed by atoms with E-state index in [1.807, 2.05) is 0 Å². The van der Waals surface area contributed by atoms with Crippen molar-refractivity contribution in [3.05, 3.63) is 0 Å². The van der Waals surface area contributed by atoms with Crippen molar-refractivity contribution < 1.29 is 9.53 Å². The minimum atomic E-state index is 0.431. The molecule has 0 spiro atoms. The molecule has 0 aromatic rings. The quantitative estimate of drug-likeness (QED) is 0.496. The lowest BCUT2D eigenvalue weighted by Gasteiger charge is -1.79. The fourth-order valence-corrected chi connectivity index (χ4v) is 0.0680. The smallest absolute Gasteiger partial charge is 0.293 e. The Hall–Kier alpha value is -1.55. The molecule has 4 nitrogen and oxygen atoms in total. The van der Waals surface area contributed by atoms with E-state index in [2.05, 4.69) is 4.74 Å². The zero-order valence-corrected chi connectivity index (χ0v) is 5.00. The normalized spacial score (nSPS) is 4.78. The zero-order chi connectivity index (χ0) is 7.54. The van der Waals surface area contributed by atoms with Crippen LogP contribution in [-0.2, 0) is 9.53 Å². The highest BCUT2D eigenvalue weighted by Gasteiger charge is 1.60. The van der Waals surface area contributed by atoms with E-state index in [1.54, 1.807) is 6.92 Å². The van der Waals surface area contributed by atoms with Crippen LogP contribution in [0, 0.1) is 22.7 Å². The molecule has 0 atom stereocenters. The summed E-state index contributed by atoms with van der Waals surface area (Å²) >= 11 is 0. The second-order valence-electron chi connectivity index (χ2n) is 0.775. The molecule has 0 saturated heterocycles. The average molecular weight is 126 g/mol. The fraction of sp³-hybridized carbons (Fsp3) is 0.400. The van der Waals surface area contributed by atoms with Crippen LogP contribution in [0.1, 0.15) is 6.92 Å². The molecule has 4 heteroatoms. The van der Waals surface area contributed by atoms with Crippen molar-refractivity contribution >= 4 is 6.47 Å². The number of ether oxygens (including phenoxy) is 1. The molecule has 0 aliphatic heterocycles. The third-order valence-electron chi connectivity index (χ3n) is 0.285. The van der Waals surface area contributed by atoms with E-state index in [-0.39, 0.29) is 0 Å². The van der Waals surface area contributed by atoms with Crippen LogP contribution >= 0.6 is 0 Å². The van der Waals surface area contributed by atoms with Gasteiger partial charge in [-0.15, -0.1) is 0 Å². The molecule has 0 radical (unpaired) electrons. The first-order valence-electron chi connectivity index (χ1n) is 2.16. The van der Waals surface area contributed by atoms with Gasteiger partial charge in [-0.25, -0.2) is 0 Å². The summed E-state index contributed by atoms with van der Waals surface area (Å²) in [5, 5.41) is 14.5. The third-order valence-corrected chi connectivity index (χ3v) is 0.285. The summed E-state index contributed by atoms with van der Waals surface area (Å²) < 4.78 is 4.15. The Morgan fingerprint density at radius 3 is 2.00 bits per heavy atom. The van der Waals surface area contributed by atoms with Crippen LogP contribution < -0.4 is 0 Å². The molecule has 0 aromatic heterocycles. The second-order valence-corrected chi connectivity index (χ2v) is 0.775. The van der Waals surface area contributed by atoms with Crippen LogP contribution in [0.2, 0.25) is 0 Å². The fourth-order valence-electron chi connectivity index (χ4n) is 0.0680. The highest BCUT2D eigenvalue weighted by Crippen LogP contribution is 1.55. The monoisotopic (exact) mass is 126 g/mol. The van der Waals surface area contributed by atoms with E-state index in [1.165, 1.54) is 12.1 Å². The number of nitriles is 2. The lowest BCUT2D eigenvalue weighted by Crippen LogP contribution is -1.80. The van der Waals surface area contributed by atoms with Crippen molar-refractivity contribution in [1.29, 1.82) is 10.5 Å². The first-order chi connectivity index (χ1) is 4.33. The van der Waals surface area contributed by atoms with Gasteiger partial charge >= 0.3 is 0 Å². The maximum atomic E-state index is 9.18. The van der Waals surface area contributed by atoms with E-state index in [0.717, 1.165) is 0 Å². The Balaban J connectivity index is 0. The predicted octanol–water partition coefficient (Wildman–Crippen LogP) is 0.213. The SMILES string of the molecule is CCOC=O.N#CC#N. The highest BCUT2D eigenvalue weighted by molar-refractivity contribution is 5.36. The average Bonchev–Trinajstić information content (AvgIpc) is 1.91. The number of rotatable bonds is 2. The molecule has 0 saturated carbocycles. The van der Waals surface area contributed by atoms with Crippen LogP contribution in [0.15, 0.2) is 0 Å². The molecule has 0 heterocycles. The van der Waals surface area contributed by atoms with E-state index < -0.39 is 0 Å². The molecule has 0 fully saturated rings. The van der Waals surface area contributed by atoms with Gasteiger partial charge in [0.15, 0.2) is 12.1 Å². The lowest BCUT2D eigenvalue weighted by atomic mass is 10.9. The van der Waals surface area contributed by atoms with E-state index in [4.69, 9.17) is 10.5 Å². The van der Waals surface area contributed by atoms with Gasteiger partial charge < -0.3 is 4.74 Å². The van der Waals surface area contributed by atoms with Gasteiger partial charge in [0.2, 0.25) is 0 Å². The van der Waals surface area contributed by atoms with Crippen LogP contribution in [-0.4, -0.2) is 13.1 Å². The molecule has 9 heavy (non-hydrogen) atoms. The van der Waals surface area contributed by atoms with Crippen molar-refractivity contribution in [1.82, 2.24) is 0 Å². The van der Waals surface area contributed by atoms with Crippen LogP contribution in [0.4, 0.5) is 0 Å². The molecule has 0 aromatic carbocycles.